The number of hydrogen-bond acceptors (Lipinski definition) is 4. The first-order valence-electron chi connectivity index (χ1n) is 7.47. The number of hydrogen-bond donors (Lipinski definition) is 0. The number of rotatable bonds is 7. The van der Waals surface area contributed by atoms with Gasteiger partial charge in [-0.25, -0.2) is 0 Å². The molecule has 2 rings (SSSR count). The summed E-state index contributed by atoms with van der Waals surface area (Å²) < 4.78 is 22.1. The Kier molecular flexibility index (Phi) is 5.48. The van der Waals surface area contributed by atoms with Gasteiger partial charge in [-0.05, 0) is 29.5 Å². The zero-order valence-corrected chi connectivity index (χ0v) is 13.5. The van der Waals surface area contributed by atoms with Crippen molar-refractivity contribution in [2.45, 2.75) is 32.8 Å². The first-order valence-corrected chi connectivity index (χ1v) is 7.47. The highest BCUT2D eigenvalue weighted by Gasteiger charge is 2.33. The van der Waals surface area contributed by atoms with Gasteiger partial charge in [0.05, 0.1) is 26.4 Å². The maximum absolute atomic E-state index is 5.91. The van der Waals surface area contributed by atoms with Crippen LogP contribution in [0.25, 0.3) is 0 Å². The van der Waals surface area contributed by atoms with Gasteiger partial charge in [-0.1, -0.05) is 19.9 Å². The van der Waals surface area contributed by atoms with Gasteiger partial charge >= 0.3 is 0 Å². The van der Waals surface area contributed by atoms with E-state index in [1.807, 2.05) is 12.1 Å². The molecular weight excluding hydrogens is 268 g/mol. The Labute approximate surface area is 127 Å². The molecule has 1 saturated heterocycles. The minimum absolute atomic E-state index is 0.146. The third-order valence-electron chi connectivity index (χ3n) is 3.72. The van der Waals surface area contributed by atoms with Gasteiger partial charge in [0.25, 0.3) is 0 Å². The highest BCUT2D eigenvalue weighted by Crippen LogP contribution is 2.42. The number of benzene rings is 1. The summed E-state index contributed by atoms with van der Waals surface area (Å²) in [5.41, 5.74) is 1.40. The Bertz CT molecular complexity index is 456. The van der Waals surface area contributed by atoms with Crippen molar-refractivity contribution in [1.82, 2.24) is 0 Å². The normalized spacial score (nSPS) is 20.5. The minimum Gasteiger partial charge on any atom is -0.493 e. The third kappa shape index (κ3) is 4.35. The van der Waals surface area contributed by atoms with Crippen LogP contribution in [-0.2, 0) is 9.47 Å². The molecule has 0 radical (unpaired) electrons. The van der Waals surface area contributed by atoms with Gasteiger partial charge in [-0.2, -0.15) is 0 Å². The maximum atomic E-state index is 5.91. The molecule has 0 spiro atoms. The Morgan fingerprint density at radius 2 is 2.00 bits per heavy atom. The summed E-state index contributed by atoms with van der Waals surface area (Å²) in [5.74, 6) is 1.54. The van der Waals surface area contributed by atoms with E-state index in [2.05, 4.69) is 19.9 Å². The van der Waals surface area contributed by atoms with Crippen molar-refractivity contribution in [1.29, 1.82) is 0 Å². The van der Waals surface area contributed by atoms with Crippen LogP contribution in [0.1, 0.15) is 38.4 Å². The standard InChI is InChI=1S/C17H26O4/c1-17(2)11-16(21-12-17)13-6-7-14(19-4)15(10-13)20-9-5-8-18-3/h6-7,10,16H,5,8-9,11-12H2,1-4H3. The van der Waals surface area contributed by atoms with Gasteiger partial charge in [-0.3, -0.25) is 0 Å². The predicted molar refractivity (Wildman–Crippen MR) is 82.1 cm³/mol. The van der Waals surface area contributed by atoms with Crippen LogP contribution in [0.15, 0.2) is 18.2 Å². The predicted octanol–water partition coefficient (Wildman–Crippen LogP) is 3.60. The fourth-order valence-electron chi connectivity index (χ4n) is 2.55. The maximum Gasteiger partial charge on any atom is 0.161 e. The van der Waals surface area contributed by atoms with E-state index in [0.29, 0.717) is 13.2 Å². The lowest BCUT2D eigenvalue weighted by atomic mass is 9.88. The zero-order valence-electron chi connectivity index (χ0n) is 13.5. The molecule has 118 valence electrons. The van der Waals surface area contributed by atoms with E-state index < -0.39 is 0 Å². The molecule has 1 aliphatic rings. The molecule has 21 heavy (non-hydrogen) atoms. The lowest BCUT2D eigenvalue weighted by Crippen LogP contribution is -2.09. The molecule has 1 unspecified atom stereocenters. The largest absolute Gasteiger partial charge is 0.493 e. The zero-order chi connectivity index (χ0) is 15.3. The van der Waals surface area contributed by atoms with Gasteiger partial charge in [0, 0.05) is 20.1 Å². The highest BCUT2D eigenvalue weighted by molar-refractivity contribution is 5.43. The van der Waals surface area contributed by atoms with E-state index in [1.165, 1.54) is 0 Å². The van der Waals surface area contributed by atoms with E-state index in [0.717, 1.165) is 36.5 Å². The molecule has 0 N–H and O–H groups in total. The Hall–Kier alpha value is -1.26. The molecular formula is C17H26O4. The molecule has 1 heterocycles. The second-order valence-corrected chi connectivity index (χ2v) is 6.27. The van der Waals surface area contributed by atoms with Crippen LogP contribution in [0.5, 0.6) is 11.5 Å². The average Bonchev–Trinajstić information content (AvgIpc) is 2.83. The van der Waals surface area contributed by atoms with Crippen LogP contribution in [0, 0.1) is 5.41 Å². The average molecular weight is 294 g/mol. The summed E-state index contributed by atoms with van der Waals surface area (Å²) in [6.45, 7) is 6.58. The van der Waals surface area contributed by atoms with Gasteiger partial charge in [-0.15, -0.1) is 0 Å². The number of methoxy groups -OCH3 is 2. The van der Waals surface area contributed by atoms with E-state index in [-0.39, 0.29) is 11.5 Å². The Morgan fingerprint density at radius 3 is 2.62 bits per heavy atom. The molecule has 1 atom stereocenters. The summed E-state index contributed by atoms with van der Waals surface area (Å²) in [7, 11) is 3.35. The van der Waals surface area contributed by atoms with Crippen molar-refractivity contribution < 1.29 is 18.9 Å². The summed E-state index contributed by atoms with van der Waals surface area (Å²) >= 11 is 0. The summed E-state index contributed by atoms with van der Waals surface area (Å²) in [6, 6.07) is 6.06. The smallest absolute Gasteiger partial charge is 0.161 e. The van der Waals surface area contributed by atoms with Crippen molar-refractivity contribution in [2.75, 3.05) is 34.0 Å². The van der Waals surface area contributed by atoms with E-state index in [4.69, 9.17) is 18.9 Å². The molecule has 4 heteroatoms. The van der Waals surface area contributed by atoms with Gasteiger partial charge in [0.1, 0.15) is 0 Å². The van der Waals surface area contributed by atoms with Crippen LogP contribution in [0.4, 0.5) is 0 Å². The van der Waals surface area contributed by atoms with Gasteiger partial charge in [0.2, 0.25) is 0 Å². The van der Waals surface area contributed by atoms with Crippen LogP contribution in [0.3, 0.4) is 0 Å². The molecule has 4 nitrogen and oxygen atoms in total. The van der Waals surface area contributed by atoms with Crippen molar-refractivity contribution in [3.63, 3.8) is 0 Å². The Balaban J connectivity index is 2.06. The molecule has 0 saturated carbocycles. The van der Waals surface area contributed by atoms with Crippen molar-refractivity contribution >= 4 is 0 Å². The van der Waals surface area contributed by atoms with Crippen LogP contribution in [-0.4, -0.2) is 34.0 Å². The van der Waals surface area contributed by atoms with E-state index in [1.54, 1.807) is 14.2 Å². The summed E-state index contributed by atoms with van der Waals surface area (Å²) in [6.07, 6.45) is 2.03. The molecule has 1 aromatic carbocycles. The molecule has 1 fully saturated rings. The number of ether oxygens (including phenoxy) is 4. The first-order chi connectivity index (χ1) is 10.1. The quantitative estimate of drug-likeness (QED) is 0.720. The van der Waals surface area contributed by atoms with E-state index >= 15 is 0 Å². The monoisotopic (exact) mass is 294 g/mol. The Morgan fingerprint density at radius 1 is 1.19 bits per heavy atom. The topological polar surface area (TPSA) is 36.9 Å². The second-order valence-electron chi connectivity index (χ2n) is 6.27. The van der Waals surface area contributed by atoms with Crippen molar-refractivity contribution in [3.05, 3.63) is 23.8 Å². The first kappa shape index (κ1) is 16.1. The second kappa shape index (κ2) is 7.14. The van der Waals surface area contributed by atoms with E-state index in [9.17, 15) is 0 Å². The molecule has 0 aromatic heterocycles. The highest BCUT2D eigenvalue weighted by atomic mass is 16.5. The lowest BCUT2D eigenvalue weighted by Gasteiger charge is -2.16. The molecule has 0 bridgehead atoms. The molecule has 1 aromatic rings. The lowest BCUT2D eigenvalue weighted by molar-refractivity contribution is 0.0997. The van der Waals surface area contributed by atoms with Crippen LogP contribution >= 0.6 is 0 Å². The SMILES string of the molecule is COCCCOc1cc(C2CC(C)(C)CO2)ccc1OC. The van der Waals surface area contributed by atoms with Crippen LogP contribution in [0.2, 0.25) is 0 Å². The summed E-state index contributed by atoms with van der Waals surface area (Å²) in [5, 5.41) is 0. The van der Waals surface area contributed by atoms with Crippen molar-refractivity contribution in [2.24, 2.45) is 5.41 Å². The molecule has 0 aliphatic carbocycles. The summed E-state index contributed by atoms with van der Waals surface area (Å²) in [4.78, 5) is 0. The van der Waals surface area contributed by atoms with Gasteiger partial charge in [0.15, 0.2) is 11.5 Å². The van der Waals surface area contributed by atoms with Crippen LogP contribution < -0.4 is 9.47 Å². The van der Waals surface area contributed by atoms with Crippen molar-refractivity contribution in [3.8, 4) is 11.5 Å². The third-order valence-corrected chi connectivity index (χ3v) is 3.72. The molecule has 0 amide bonds. The minimum atomic E-state index is 0.146. The molecule has 1 aliphatic heterocycles. The van der Waals surface area contributed by atoms with Gasteiger partial charge < -0.3 is 18.9 Å². The fourth-order valence-corrected chi connectivity index (χ4v) is 2.55. The fraction of sp³-hybridized carbons (Fsp3) is 0.647.